The van der Waals surface area contributed by atoms with Gasteiger partial charge in [0.25, 0.3) is 0 Å². The van der Waals surface area contributed by atoms with E-state index < -0.39 is 0 Å². The van der Waals surface area contributed by atoms with Crippen molar-refractivity contribution in [2.24, 2.45) is 0 Å². The molecule has 2 fully saturated rings. The summed E-state index contributed by atoms with van der Waals surface area (Å²) in [6.45, 7) is 3.37. The lowest BCUT2D eigenvalue weighted by atomic mass is 10.1. The molecule has 2 aliphatic rings. The van der Waals surface area contributed by atoms with E-state index in [4.69, 9.17) is 21.1 Å². The normalized spacial score (nSPS) is 31.5. The predicted octanol–water partition coefficient (Wildman–Crippen LogP) is 1.41. The van der Waals surface area contributed by atoms with Gasteiger partial charge in [-0.1, -0.05) is 0 Å². The largest absolute Gasteiger partial charge is 0.373 e. The van der Waals surface area contributed by atoms with E-state index in [0.29, 0.717) is 6.61 Å². The Labute approximate surface area is 104 Å². The van der Waals surface area contributed by atoms with Gasteiger partial charge in [0.15, 0.2) is 0 Å². The zero-order valence-electron chi connectivity index (χ0n) is 9.52. The van der Waals surface area contributed by atoms with Crippen LogP contribution < -0.4 is 5.32 Å². The molecule has 3 heterocycles. The topological polar surface area (TPSA) is 56.3 Å². The van der Waals surface area contributed by atoms with Crippen LogP contribution in [0.4, 0.5) is 5.82 Å². The quantitative estimate of drug-likeness (QED) is 0.810. The average Bonchev–Trinajstić information content (AvgIpc) is 2.88. The highest BCUT2D eigenvalue weighted by Gasteiger charge is 2.41. The molecule has 0 spiro atoms. The maximum absolute atomic E-state index is 5.79. The molecule has 0 radical (unpaired) electrons. The van der Waals surface area contributed by atoms with Crippen LogP contribution in [0.15, 0.2) is 6.20 Å². The molecule has 2 aliphatic heterocycles. The van der Waals surface area contributed by atoms with Gasteiger partial charge in [-0.3, -0.25) is 0 Å². The molecule has 1 aromatic heterocycles. The minimum Gasteiger partial charge on any atom is -0.373 e. The molecule has 3 atom stereocenters. The Bertz CT molecular complexity index is 429. The fourth-order valence-corrected chi connectivity index (χ4v) is 2.47. The number of aryl methyl sites for hydroxylation is 1. The third-order valence-corrected chi connectivity index (χ3v) is 3.41. The highest BCUT2D eigenvalue weighted by atomic mass is 35.5. The number of hydrogen-bond acceptors (Lipinski definition) is 5. The van der Waals surface area contributed by atoms with Crippen LogP contribution in [0.2, 0.25) is 5.28 Å². The zero-order valence-corrected chi connectivity index (χ0v) is 10.3. The van der Waals surface area contributed by atoms with E-state index in [1.54, 1.807) is 6.20 Å². The maximum atomic E-state index is 5.79. The number of anilines is 1. The van der Waals surface area contributed by atoms with Crippen molar-refractivity contribution in [1.82, 2.24) is 9.97 Å². The van der Waals surface area contributed by atoms with E-state index in [2.05, 4.69) is 15.3 Å². The predicted molar refractivity (Wildman–Crippen MR) is 63.3 cm³/mol. The summed E-state index contributed by atoms with van der Waals surface area (Å²) in [6.07, 6.45) is 3.04. The number of nitrogens with zero attached hydrogens (tertiary/aromatic N) is 2. The van der Waals surface area contributed by atoms with Crippen LogP contribution in [-0.2, 0) is 9.47 Å². The second-order valence-corrected chi connectivity index (χ2v) is 4.76. The number of fused-ring (bicyclic) bond motifs is 1. The minimum absolute atomic E-state index is 0.128. The zero-order chi connectivity index (χ0) is 11.8. The number of rotatable bonds is 2. The first-order valence-corrected chi connectivity index (χ1v) is 6.11. The molecular weight excluding hydrogens is 242 g/mol. The SMILES string of the molecule is Cc1cnc(Cl)nc1N[C@H]1COC2CCOC21. The van der Waals surface area contributed by atoms with Crippen molar-refractivity contribution in [2.75, 3.05) is 18.5 Å². The van der Waals surface area contributed by atoms with Gasteiger partial charge >= 0.3 is 0 Å². The average molecular weight is 256 g/mol. The van der Waals surface area contributed by atoms with E-state index in [9.17, 15) is 0 Å². The molecule has 0 bridgehead atoms. The van der Waals surface area contributed by atoms with Gasteiger partial charge in [-0.25, -0.2) is 9.97 Å². The Hall–Kier alpha value is -0.910. The van der Waals surface area contributed by atoms with Crippen LogP contribution in [0.5, 0.6) is 0 Å². The monoisotopic (exact) mass is 255 g/mol. The molecule has 17 heavy (non-hydrogen) atoms. The Morgan fingerprint density at radius 1 is 1.47 bits per heavy atom. The molecular formula is C11H14ClN3O2. The Morgan fingerprint density at radius 3 is 3.24 bits per heavy atom. The summed E-state index contributed by atoms with van der Waals surface area (Å²) in [4.78, 5) is 8.11. The van der Waals surface area contributed by atoms with Gasteiger partial charge in [0.05, 0.1) is 18.8 Å². The molecule has 0 saturated carbocycles. The van der Waals surface area contributed by atoms with Gasteiger partial charge in [-0.05, 0) is 24.9 Å². The van der Waals surface area contributed by atoms with Crippen molar-refractivity contribution in [3.05, 3.63) is 17.0 Å². The van der Waals surface area contributed by atoms with Gasteiger partial charge in [0.2, 0.25) is 5.28 Å². The fourth-order valence-electron chi connectivity index (χ4n) is 2.33. The Balaban J connectivity index is 1.76. The lowest BCUT2D eigenvalue weighted by molar-refractivity contribution is 0.0718. The number of halogens is 1. The van der Waals surface area contributed by atoms with Gasteiger partial charge < -0.3 is 14.8 Å². The van der Waals surface area contributed by atoms with Crippen LogP contribution in [0.1, 0.15) is 12.0 Å². The van der Waals surface area contributed by atoms with Crippen molar-refractivity contribution >= 4 is 17.4 Å². The summed E-state index contributed by atoms with van der Waals surface area (Å²) in [7, 11) is 0. The van der Waals surface area contributed by atoms with Crippen molar-refractivity contribution in [1.29, 1.82) is 0 Å². The summed E-state index contributed by atoms with van der Waals surface area (Å²) in [5.74, 6) is 0.759. The number of hydrogen-bond donors (Lipinski definition) is 1. The molecule has 0 aliphatic carbocycles. The summed E-state index contributed by atoms with van der Waals surface area (Å²) in [5.41, 5.74) is 0.968. The third kappa shape index (κ3) is 2.10. The van der Waals surface area contributed by atoms with Crippen LogP contribution >= 0.6 is 11.6 Å². The highest BCUT2D eigenvalue weighted by molar-refractivity contribution is 6.28. The van der Waals surface area contributed by atoms with E-state index in [1.807, 2.05) is 6.92 Å². The van der Waals surface area contributed by atoms with E-state index in [1.165, 1.54) is 0 Å². The van der Waals surface area contributed by atoms with E-state index in [0.717, 1.165) is 24.4 Å². The van der Waals surface area contributed by atoms with Gasteiger partial charge in [0.1, 0.15) is 11.9 Å². The smallest absolute Gasteiger partial charge is 0.224 e. The number of nitrogens with one attached hydrogen (secondary N) is 1. The summed E-state index contributed by atoms with van der Waals surface area (Å²) < 4.78 is 11.3. The number of aromatic nitrogens is 2. The molecule has 6 heteroatoms. The van der Waals surface area contributed by atoms with Crippen molar-refractivity contribution in [3.63, 3.8) is 0 Å². The molecule has 0 amide bonds. The van der Waals surface area contributed by atoms with Crippen LogP contribution in [-0.4, -0.2) is 41.4 Å². The molecule has 1 aromatic rings. The Morgan fingerprint density at radius 2 is 2.35 bits per heavy atom. The van der Waals surface area contributed by atoms with Crippen molar-refractivity contribution < 1.29 is 9.47 Å². The second kappa shape index (κ2) is 4.40. The fraction of sp³-hybridized carbons (Fsp3) is 0.636. The molecule has 92 valence electrons. The molecule has 2 saturated heterocycles. The van der Waals surface area contributed by atoms with E-state index >= 15 is 0 Å². The molecule has 3 rings (SSSR count). The highest BCUT2D eigenvalue weighted by Crippen LogP contribution is 2.28. The molecule has 5 nitrogen and oxygen atoms in total. The first kappa shape index (κ1) is 11.2. The van der Waals surface area contributed by atoms with Crippen LogP contribution in [0.3, 0.4) is 0 Å². The molecule has 1 N–H and O–H groups in total. The van der Waals surface area contributed by atoms with Crippen molar-refractivity contribution in [2.45, 2.75) is 31.6 Å². The van der Waals surface area contributed by atoms with Gasteiger partial charge in [-0.2, -0.15) is 0 Å². The van der Waals surface area contributed by atoms with Crippen molar-refractivity contribution in [3.8, 4) is 0 Å². The standard InChI is InChI=1S/C11H14ClN3O2/c1-6-4-13-11(12)15-10(6)14-7-5-17-8-2-3-16-9(7)8/h4,7-9H,2-3,5H2,1H3,(H,13,14,15)/t7-,8?,9?/m0/s1. The summed E-state index contributed by atoms with van der Waals surface area (Å²) >= 11 is 5.79. The van der Waals surface area contributed by atoms with Crippen LogP contribution in [0, 0.1) is 6.92 Å². The second-order valence-electron chi connectivity index (χ2n) is 4.42. The lowest BCUT2D eigenvalue weighted by Crippen LogP contribution is -2.34. The van der Waals surface area contributed by atoms with E-state index in [-0.39, 0.29) is 23.5 Å². The number of ether oxygens (including phenoxy) is 2. The lowest BCUT2D eigenvalue weighted by Gasteiger charge is -2.19. The summed E-state index contributed by atoms with van der Waals surface area (Å²) in [5, 5.41) is 3.59. The first-order valence-electron chi connectivity index (χ1n) is 5.73. The maximum Gasteiger partial charge on any atom is 0.224 e. The first-order chi connectivity index (χ1) is 8.24. The van der Waals surface area contributed by atoms with Gasteiger partial charge in [-0.15, -0.1) is 0 Å². The molecule has 0 aromatic carbocycles. The summed E-state index contributed by atoms with van der Waals surface area (Å²) in [6, 6.07) is 0.146. The Kier molecular flexibility index (Phi) is 2.90. The van der Waals surface area contributed by atoms with Crippen LogP contribution in [0.25, 0.3) is 0 Å². The minimum atomic E-state index is 0.128. The van der Waals surface area contributed by atoms with Gasteiger partial charge in [0, 0.05) is 18.4 Å². The third-order valence-electron chi connectivity index (χ3n) is 3.23. The molecule has 2 unspecified atom stereocenters.